The number of morpholine rings is 1. The van der Waals surface area contributed by atoms with E-state index in [4.69, 9.17) is 10.5 Å². The third-order valence-electron chi connectivity index (χ3n) is 3.72. The Kier molecular flexibility index (Phi) is 4.95. The highest BCUT2D eigenvalue weighted by molar-refractivity contribution is 8.19. The monoisotopic (exact) mass is 338 g/mol. The fraction of sp³-hybridized carbons (Fsp3) is 0.467. The lowest BCUT2D eigenvalue weighted by atomic mass is 10.1. The molecular formula is C15H18N2O3S2. The van der Waals surface area contributed by atoms with Gasteiger partial charge < -0.3 is 15.4 Å². The van der Waals surface area contributed by atoms with Crippen molar-refractivity contribution in [3.63, 3.8) is 0 Å². The molecule has 5 nitrogen and oxygen atoms in total. The molecule has 2 N–H and O–H groups in total. The minimum atomic E-state index is -0.705. The van der Waals surface area contributed by atoms with Gasteiger partial charge in [-0.15, -0.1) is 23.5 Å². The van der Waals surface area contributed by atoms with Crippen LogP contribution in [0.5, 0.6) is 0 Å². The van der Waals surface area contributed by atoms with E-state index in [0.717, 1.165) is 0 Å². The molecule has 2 aliphatic rings. The standard InChI is InChI=1S/C15H18N2O3S2/c16-13(18)12-9-17(5-6-20-12)14(19)10-1-3-11(4-2-10)15-21-7-8-22-15/h1-4,12,15H,5-9H2,(H2,16,18). The fourth-order valence-electron chi connectivity index (χ4n) is 2.52. The first kappa shape index (κ1) is 15.7. The maximum absolute atomic E-state index is 12.5. The average Bonchev–Trinajstić information content (AvgIpc) is 3.09. The largest absolute Gasteiger partial charge is 0.367 e. The maximum atomic E-state index is 12.5. The van der Waals surface area contributed by atoms with Crippen molar-refractivity contribution in [2.24, 2.45) is 5.73 Å². The number of amides is 2. The van der Waals surface area contributed by atoms with E-state index < -0.39 is 12.0 Å². The van der Waals surface area contributed by atoms with Crippen LogP contribution in [0.4, 0.5) is 0 Å². The number of hydrogen-bond acceptors (Lipinski definition) is 5. The first-order chi connectivity index (χ1) is 10.6. The molecule has 0 aliphatic carbocycles. The zero-order valence-electron chi connectivity index (χ0n) is 12.1. The number of rotatable bonds is 3. The topological polar surface area (TPSA) is 72.6 Å². The van der Waals surface area contributed by atoms with Crippen molar-refractivity contribution in [1.82, 2.24) is 4.90 Å². The van der Waals surface area contributed by atoms with Gasteiger partial charge in [-0.05, 0) is 17.7 Å². The Labute approximate surface area is 137 Å². The molecule has 7 heteroatoms. The third-order valence-corrected chi connectivity index (χ3v) is 6.83. The van der Waals surface area contributed by atoms with E-state index >= 15 is 0 Å². The number of carbonyl (C=O) groups is 2. The Hall–Kier alpha value is -1.18. The van der Waals surface area contributed by atoms with E-state index in [1.165, 1.54) is 17.1 Å². The summed E-state index contributed by atoms with van der Waals surface area (Å²) < 4.78 is 5.75. The Morgan fingerprint density at radius 1 is 1.18 bits per heavy atom. The van der Waals surface area contributed by atoms with Crippen LogP contribution in [0, 0.1) is 0 Å². The summed E-state index contributed by atoms with van der Waals surface area (Å²) in [5.41, 5.74) is 7.14. The van der Waals surface area contributed by atoms with Crippen molar-refractivity contribution >= 4 is 35.3 Å². The van der Waals surface area contributed by atoms with Gasteiger partial charge in [0.25, 0.3) is 5.91 Å². The van der Waals surface area contributed by atoms with Crippen LogP contribution in [0.15, 0.2) is 24.3 Å². The second kappa shape index (κ2) is 6.93. The summed E-state index contributed by atoms with van der Waals surface area (Å²) in [7, 11) is 0. The van der Waals surface area contributed by atoms with Crippen molar-refractivity contribution in [1.29, 1.82) is 0 Å². The van der Waals surface area contributed by atoms with Crippen LogP contribution in [0.1, 0.15) is 20.5 Å². The summed E-state index contributed by atoms with van der Waals surface area (Å²) in [4.78, 5) is 25.3. The molecule has 2 aliphatic heterocycles. The maximum Gasteiger partial charge on any atom is 0.254 e. The highest BCUT2D eigenvalue weighted by Gasteiger charge is 2.28. The predicted octanol–water partition coefficient (Wildman–Crippen LogP) is 1.49. The molecule has 2 saturated heterocycles. The lowest BCUT2D eigenvalue weighted by molar-refractivity contribution is -0.133. The minimum Gasteiger partial charge on any atom is -0.367 e. The molecule has 2 heterocycles. The molecule has 0 saturated carbocycles. The summed E-state index contributed by atoms with van der Waals surface area (Å²) >= 11 is 3.88. The van der Waals surface area contributed by atoms with Gasteiger partial charge in [-0.25, -0.2) is 0 Å². The number of nitrogens with two attached hydrogens (primary N) is 1. The molecule has 0 spiro atoms. The van der Waals surface area contributed by atoms with Gasteiger partial charge in [0.2, 0.25) is 5.91 Å². The summed E-state index contributed by atoms with van der Waals surface area (Å²) in [6.45, 7) is 1.05. The van der Waals surface area contributed by atoms with Gasteiger partial charge in [-0.2, -0.15) is 0 Å². The Morgan fingerprint density at radius 3 is 2.50 bits per heavy atom. The predicted molar refractivity (Wildman–Crippen MR) is 88.9 cm³/mol. The quantitative estimate of drug-likeness (QED) is 0.904. The van der Waals surface area contributed by atoms with Gasteiger partial charge >= 0.3 is 0 Å². The average molecular weight is 338 g/mol. The lowest BCUT2D eigenvalue weighted by Crippen LogP contribution is -2.50. The molecule has 2 amide bonds. The number of hydrogen-bond donors (Lipinski definition) is 1. The van der Waals surface area contributed by atoms with Crippen LogP contribution in [-0.2, 0) is 9.53 Å². The van der Waals surface area contributed by atoms with Crippen molar-refractivity contribution in [2.45, 2.75) is 10.7 Å². The van der Waals surface area contributed by atoms with Gasteiger partial charge in [0.05, 0.1) is 17.7 Å². The lowest BCUT2D eigenvalue weighted by Gasteiger charge is -2.31. The van der Waals surface area contributed by atoms with Gasteiger partial charge in [0.15, 0.2) is 6.10 Å². The Morgan fingerprint density at radius 2 is 1.86 bits per heavy atom. The van der Waals surface area contributed by atoms with Crippen molar-refractivity contribution in [3.05, 3.63) is 35.4 Å². The molecule has 0 radical (unpaired) electrons. The molecule has 2 fully saturated rings. The van der Waals surface area contributed by atoms with Crippen LogP contribution in [0.25, 0.3) is 0 Å². The molecule has 0 bridgehead atoms. The first-order valence-electron chi connectivity index (χ1n) is 7.18. The number of primary amides is 1. The molecule has 0 aromatic heterocycles. The van der Waals surface area contributed by atoms with Crippen LogP contribution in [0.3, 0.4) is 0 Å². The van der Waals surface area contributed by atoms with Gasteiger partial charge in [0.1, 0.15) is 0 Å². The molecule has 22 heavy (non-hydrogen) atoms. The molecule has 118 valence electrons. The van der Waals surface area contributed by atoms with E-state index in [1.807, 2.05) is 47.8 Å². The van der Waals surface area contributed by atoms with E-state index in [2.05, 4.69) is 0 Å². The van der Waals surface area contributed by atoms with Crippen molar-refractivity contribution in [2.75, 3.05) is 31.2 Å². The summed E-state index contributed by atoms with van der Waals surface area (Å²) in [6, 6.07) is 7.78. The van der Waals surface area contributed by atoms with Crippen LogP contribution in [-0.4, -0.2) is 54.0 Å². The number of benzene rings is 1. The van der Waals surface area contributed by atoms with Crippen LogP contribution >= 0.6 is 23.5 Å². The summed E-state index contributed by atoms with van der Waals surface area (Å²) in [5, 5.41) is 0. The molecular weight excluding hydrogens is 320 g/mol. The van der Waals surface area contributed by atoms with Crippen molar-refractivity contribution < 1.29 is 14.3 Å². The second-order valence-corrected chi connectivity index (χ2v) is 7.93. The molecule has 1 aromatic carbocycles. The number of carbonyl (C=O) groups excluding carboxylic acids is 2. The molecule has 3 rings (SSSR count). The van der Waals surface area contributed by atoms with Crippen LogP contribution < -0.4 is 5.73 Å². The zero-order valence-corrected chi connectivity index (χ0v) is 13.7. The van der Waals surface area contributed by atoms with Gasteiger partial charge in [-0.3, -0.25) is 9.59 Å². The minimum absolute atomic E-state index is 0.0761. The second-order valence-electron chi connectivity index (χ2n) is 5.21. The SMILES string of the molecule is NC(=O)C1CN(C(=O)c2ccc(C3SCCS3)cc2)CCO1. The normalized spacial score (nSPS) is 22.7. The Bertz CT molecular complexity index is 558. The number of thioether (sulfide) groups is 2. The molecule has 1 atom stereocenters. The summed E-state index contributed by atoms with van der Waals surface area (Å²) in [5.74, 6) is 1.76. The first-order valence-corrected chi connectivity index (χ1v) is 9.28. The summed E-state index contributed by atoms with van der Waals surface area (Å²) in [6.07, 6.45) is -0.705. The van der Waals surface area contributed by atoms with Crippen LogP contribution in [0.2, 0.25) is 0 Å². The molecule has 1 aromatic rings. The van der Waals surface area contributed by atoms with E-state index in [-0.39, 0.29) is 12.5 Å². The van der Waals surface area contributed by atoms with E-state index in [0.29, 0.717) is 23.3 Å². The highest BCUT2D eigenvalue weighted by atomic mass is 32.2. The number of nitrogens with zero attached hydrogens (tertiary/aromatic N) is 1. The highest BCUT2D eigenvalue weighted by Crippen LogP contribution is 2.45. The van der Waals surface area contributed by atoms with Crippen molar-refractivity contribution in [3.8, 4) is 0 Å². The zero-order chi connectivity index (χ0) is 15.5. The number of ether oxygens (including phenoxy) is 1. The fourth-order valence-corrected chi connectivity index (χ4v) is 5.38. The Balaban J connectivity index is 1.67. The molecule has 1 unspecified atom stereocenters. The van der Waals surface area contributed by atoms with E-state index in [1.54, 1.807) is 4.90 Å². The van der Waals surface area contributed by atoms with Gasteiger partial charge in [-0.1, -0.05) is 12.1 Å². The van der Waals surface area contributed by atoms with Gasteiger partial charge in [0, 0.05) is 23.6 Å². The smallest absolute Gasteiger partial charge is 0.254 e. The van der Waals surface area contributed by atoms with E-state index in [9.17, 15) is 9.59 Å². The third kappa shape index (κ3) is 3.42.